The Hall–Kier alpha value is -2.95. The van der Waals surface area contributed by atoms with Gasteiger partial charge in [0.25, 0.3) is 11.1 Å². The van der Waals surface area contributed by atoms with Crippen molar-refractivity contribution in [3.8, 4) is 0 Å². The smallest absolute Gasteiger partial charge is 0.267 e. The molecule has 3 aromatic rings. The van der Waals surface area contributed by atoms with Crippen molar-refractivity contribution in [1.82, 2.24) is 9.89 Å². The van der Waals surface area contributed by atoms with Crippen LogP contribution in [0.25, 0.3) is 10.8 Å². The van der Waals surface area contributed by atoms with E-state index in [4.69, 9.17) is 0 Å². The number of hydrogen-bond acceptors (Lipinski definition) is 3. The first-order valence-corrected chi connectivity index (χ1v) is 6.09. The molecule has 2 aromatic carbocycles. The van der Waals surface area contributed by atoms with Gasteiger partial charge in [0.05, 0.1) is 17.0 Å². The van der Waals surface area contributed by atoms with Crippen molar-refractivity contribution in [3.05, 3.63) is 80.9 Å². The lowest BCUT2D eigenvalue weighted by atomic mass is 10.2. The van der Waals surface area contributed by atoms with Crippen LogP contribution in [0.4, 0.5) is 0 Å². The van der Waals surface area contributed by atoms with Gasteiger partial charge in [0.1, 0.15) is 0 Å². The first kappa shape index (κ1) is 12.1. The van der Waals surface area contributed by atoms with E-state index < -0.39 is 0 Å². The van der Waals surface area contributed by atoms with Gasteiger partial charge in [-0.2, -0.15) is 5.10 Å². The highest BCUT2D eigenvalue weighted by molar-refractivity contribution is 5.81. The van der Waals surface area contributed by atoms with Gasteiger partial charge >= 0.3 is 0 Å². The predicted octanol–water partition coefficient (Wildman–Crippen LogP) is 1.57. The monoisotopic (exact) mass is 265 g/mol. The summed E-state index contributed by atoms with van der Waals surface area (Å²) < 4.78 is 0. The molecule has 0 atom stereocenters. The average Bonchev–Trinajstić information content (AvgIpc) is 2.50. The van der Waals surface area contributed by atoms with Crippen molar-refractivity contribution in [2.24, 2.45) is 5.10 Å². The molecule has 0 spiro atoms. The van der Waals surface area contributed by atoms with E-state index in [1.165, 1.54) is 6.21 Å². The van der Waals surface area contributed by atoms with Crippen LogP contribution < -0.4 is 11.1 Å². The largest absolute Gasteiger partial charge is 0.294 e. The Labute approximate surface area is 113 Å². The third-order valence-electron chi connectivity index (χ3n) is 2.92. The lowest BCUT2D eigenvalue weighted by Gasteiger charge is -2.00. The molecule has 0 saturated carbocycles. The fourth-order valence-electron chi connectivity index (χ4n) is 1.93. The molecule has 98 valence electrons. The first-order valence-electron chi connectivity index (χ1n) is 6.09. The van der Waals surface area contributed by atoms with Gasteiger partial charge in [-0.25, -0.2) is 5.10 Å². The van der Waals surface area contributed by atoms with E-state index in [1.54, 1.807) is 24.3 Å². The molecule has 0 aliphatic carbocycles. The molecular weight excluding hydrogens is 254 g/mol. The minimum Gasteiger partial charge on any atom is -0.267 e. The van der Waals surface area contributed by atoms with Crippen LogP contribution in [0.1, 0.15) is 5.56 Å². The van der Waals surface area contributed by atoms with Crippen molar-refractivity contribution in [2.45, 2.75) is 0 Å². The highest BCUT2D eigenvalue weighted by atomic mass is 16.2. The van der Waals surface area contributed by atoms with E-state index >= 15 is 0 Å². The number of benzene rings is 2. The quantitative estimate of drug-likeness (QED) is 0.715. The van der Waals surface area contributed by atoms with E-state index in [9.17, 15) is 9.59 Å². The molecule has 0 fully saturated rings. The molecule has 0 aliphatic heterocycles. The molecule has 0 bridgehead atoms. The second-order valence-electron chi connectivity index (χ2n) is 4.26. The zero-order valence-electron chi connectivity index (χ0n) is 10.5. The van der Waals surface area contributed by atoms with Gasteiger partial charge in [0.2, 0.25) is 0 Å². The van der Waals surface area contributed by atoms with Crippen LogP contribution >= 0.6 is 0 Å². The van der Waals surface area contributed by atoms with Crippen LogP contribution in [0.15, 0.2) is 69.3 Å². The summed E-state index contributed by atoms with van der Waals surface area (Å²) in [5.41, 5.74) is 0.145. The Balaban J connectivity index is 2.14. The molecule has 1 heterocycles. The van der Waals surface area contributed by atoms with Crippen LogP contribution in [-0.2, 0) is 0 Å². The number of hydrogen-bond donors (Lipinski definition) is 1. The molecule has 1 aromatic heterocycles. The van der Waals surface area contributed by atoms with Gasteiger partial charge in [0.15, 0.2) is 0 Å². The molecule has 0 unspecified atom stereocenters. The number of H-pyrrole nitrogens is 1. The van der Waals surface area contributed by atoms with Gasteiger partial charge in [-0.05, 0) is 17.7 Å². The number of fused-ring (bicyclic) bond motifs is 1. The Morgan fingerprint density at radius 1 is 0.900 bits per heavy atom. The summed E-state index contributed by atoms with van der Waals surface area (Å²) in [6.07, 6.45) is 1.52. The first-order chi connectivity index (χ1) is 9.75. The molecular formula is C15H11N3O2. The van der Waals surface area contributed by atoms with Crippen molar-refractivity contribution < 1.29 is 0 Å². The fourth-order valence-corrected chi connectivity index (χ4v) is 1.93. The van der Waals surface area contributed by atoms with Crippen LogP contribution in [0.5, 0.6) is 0 Å². The SMILES string of the molecule is O=c1[nH]n(N=Cc2ccccc2)c(=O)c2ccccc12. The molecule has 5 nitrogen and oxygen atoms in total. The van der Waals surface area contributed by atoms with Crippen molar-refractivity contribution in [3.63, 3.8) is 0 Å². The maximum atomic E-state index is 12.2. The number of nitrogens with one attached hydrogen (secondary N) is 1. The highest BCUT2D eigenvalue weighted by Crippen LogP contribution is 2.02. The predicted molar refractivity (Wildman–Crippen MR) is 78.3 cm³/mol. The van der Waals surface area contributed by atoms with E-state index in [0.717, 1.165) is 10.4 Å². The molecule has 0 aliphatic rings. The second-order valence-corrected chi connectivity index (χ2v) is 4.26. The summed E-state index contributed by atoms with van der Waals surface area (Å²) in [5, 5.41) is 7.16. The number of aromatic nitrogens is 2. The van der Waals surface area contributed by atoms with E-state index in [1.807, 2.05) is 30.3 Å². The summed E-state index contributed by atoms with van der Waals surface area (Å²) in [4.78, 5) is 25.0. The second kappa shape index (κ2) is 4.97. The minimum absolute atomic E-state index is 0.342. The zero-order chi connectivity index (χ0) is 13.9. The molecule has 1 N–H and O–H groups in total. The highest BCUT2D eigenvalue weighted by Gasteiger charge is 2.04. The molecule has 3 rings (SSSR count). The Morgan fingerprint density at radius 2 is 1.55 bits per heavy atom. The van der Waals surface area contributed by atoms with E-state index in [0.29, 0.717) is 10.8 Å². The summed E-state index contributed by atoms with van der Waals surface area (Å²) in [6, 6.07) is 16.0. The topological polar surface area (TPSA) is 67.2 Å². The Morgan fingerprint density at radius 3 is 2.30 bits per heavy atom. The molecule has 20 heavy (non-hydrogen) atoms. The van der Waals surface area contributed by atoms with Gasteiger partial charge < -0.3 is 0 Å². The summed E-state index contributed by atoms with van der Waals surface area (Å²) in [6.45, 7) is 0. The maximum absolute atomic E-state index is 12.2. The number of aromatic amines is 1. The van der Waals surface area contributed by atoms with Crippen LogP contribution in [-0.4, -0.2) is 16.1 Å². The lowest BCUT2D eigenvalue weighted by molar-refractivity contribution is 0.685. The van der Waals surface area contributed by atoms with Gasteiger partial charge in [0, 0.05) is 0 Å². The van der Waals surface area contributed by atoms with E-state index in [-0.39, 0.29) is 11.1 Å². The normalized spacial score (nSPS) is 11.2. The van der Waals surface area contributed by atoms with Crippen LogP contribution in [0, 0.1) is 0 Å². The van der Waals surface area contributed by atoms with Crippen molar-refractivity contribution >= 4 is 17.0 Å². The van der Waals surface area contributed by atoms with Gasteiger partial charge in [-0.15, -0.1) is 4.79 Å². The molecule has 0 amide bonds. The molecule has 5 heteroatoms. The minimum atomic E-state index is -0.354. The van der Waals surface area contributed by atoms with Crippen LogP contribution in [0.2, 0.25) is 0 Å². The summed E-state index contributed by atoms with van der Waals surface area (Å²) >= 11 is 0. The number of rotatable bonds is 2. The van der Waals surface area contributed by atoms with Crippen LogP contribution in [0.3, 0.4) is 0 Å². The Bertz CT molecular complexity index is 892. The summed E-state index contributed by atoms with van der Waals surface area (Å²) in [7, 11) is 0. The van der Waals surface area contributed by atoms with Crippen molar-refractivity contribution in [2.75, 3.05) is 0 Å². The van der Waals surface area contributed by atoms with Gasteiger partial charge in [-0.1, -0.05) is 42.5 Å². The third-order valence-corrected chi connectivity index (χ3v) is 2.92. The van der Waals surface area contributed by atoms with Crippen molar-refractivity contribution in [1.29, 1.82) is 0 Å². The lowest BCUT2D eigenvalue weighted by Crippen LogP contribution is -2.27. The number of nitrogens with zero attached hydrogens (tertiary/aromatic N) is 2. The van der Waals surface area contributed by atoms with Gasteiger partial charge in [-0.3, -0.25) is 9.59 Å². The molecule has 0 radical (unpaired) electrons. The maximum Gasteiger partial charge on any atom is 0.294 e. The standard InChI is InChI=1S/C15H11N3O2/c19-14-12-8-4-5-9-13(12)15(20)18(17-14)16-10-11-6-2-1-3-7-11/h1-10H,(H,17,19). The van der Waals surface area contributed by atoms with E-state index in [2.05, 4.69) is 10.2 Å². The summed E-state index contributed by atoms with van der Waals surface area (Å²) in [5.74, 6) is 0. The Kier molecular flexibility index (Phi) is 3.01. The third kappa shape index (κ3) is 2.16. The zero-order valence-corrected chi connectivity index (χ0v) is 10.5. The fraction of sp³-hybridized carbons (Fsp3) is 0. The average molecular weight is 265 g/mol. The molecule has 0 saturated heterocycles.